The normalized spacial score (nSPS) is 10.9. The number of ether oxygens (including phenoxy) is 1. The summed E-state index contributed by atoms with van der Waals surface area (Å²) in [6.45, 7) is 1.71. The van der Waals surface area contributed by atoms with Gasteiger partial charge >= 0.3 is 5.97 Å². The Bertz CT molecular complexity index is 556. The Morgan fingerprint density at radius 1 is 1.58 bits per heavy atom. The first-order chi connectivity index (χ1) is 9.13. The molecule has 2 heterocycles. The van der Waals surface area contributed by atoms with Gasteiger partial charge in [0, 0.05) is 11.6 Å². The Hall–Kier alpha value is -1.90. The van der Waals surface area contributed by atoms with E-state index in [1.165, 1.54) is 11.3 Å². The lowest BCUT2D eigenvalue weighted by Gasteiger charge is -2.05. The number of halogens is 2. The highest BCUT2D eigenvalue weighted by molar-refractivity contribution is 7.09. The molecular weight excluding hydrogens is 278 g/mol. The number of nitrogens with zero attached hydrogens (tertiary/aromatic N) is 4. The lowest BCUT2D eigenvalue weighted by Crippen LogP contribution is -2.12. The Kier molecular flexibility index (Phi) is 4.15. The maximum atomic E-state index is 13.0. The lowest BCUT2D eigenvalue weighted by atomic mass is 10.3. The third-order valence-electron chi connectivity index (χ3n) is 2.22. The molecule has 0 radical (unpaired) electrons. The zero-order valence-corrected chi connectivity index (χ0v) is 10.7. The summed E-state index contributed by atoms with van der Waals surface area (Å²) >= 11 is 1.31. The molecule has 0 aliphatic heterocycles. The number of rotatable bonds is 5. The number of aromatic nitrogens is 4. The molecule has 19 heavy (non-hydrogen) atoms. The van der Waals surface area contributed by atoms with Gasteiger partial charge < -0.3 is 4.74 Å². The van der Waals surface area contributed by atoms with Gasteiger partial charge in [0.2, 0.25) is 0 Å². The second kappa shape index (κ2) is 5.83. The molecule has 9 heteroatoms. The zero-order valence-electron chi connectivity index (χ0n) is 9.92. The van der Waals surface area contributed by atoms with Crippen LogP contribution >= 0.6 is 11.3 Å². The van der Waals surface area contributed by atoms with Gasteiger partial charge in [-0.3, -0.25) is 0 Å². The van der Waals surface area contributed by atoms with Crippen LogP contribution in [0, 0.1) is 0 Å². The molecule has 102 valence electrons. The van der Waals surface area contributed by atoms with E-state index in [1.807, 2.05) is 0 Å². The quantitative estimate of drug-likeness (QED) is 0.786. The second-order valence-electron chi connectivity index (χ2n) is 3.43. The van der Waals surface area contributed by atoms with Crippen LogP contribution in [-0.2, 0) is 11.3 Å². The van der Waals surface area contributed by atoms with Crippen LogP contribution < -0.4 is 0 Å². The molecule has 0 spiro atoms. The highest BCUT2D eigenvalue weighted by atomic mass is 32.1. The monoisotopic (exact) mass is 288 g/mol. The smallest absolute Gasteiger partial charge is 0.361 e. The van der Waals surface area contributed by atoms with Crippen molar-refractivity contribution in [2.24, 2.45) is 0 Å². The average molecular weight is 288 g/mol. The largest absolute Gasteiger partial charge is 0.461 e. The number of carbonyl (C=O) groups excluding carboxylic acids is 1. The molecule has 0 fully saturated rings. The second-order valence-corrected chi connectivity index (χ2v) is 4.41. The van der Waals surface area contributed by atoms with Crippen LogP contribution in [0.25, 0.3) is 0 Å². The molecule has 0 unspecified atom stereocenters. The Morgan fingerprint density at radius 2 is 2.37 bits per heavy atom. The summed E-state index contributed by atoms with van der Waals surface area (Å²) in [4.78, 5) is 15.5. The molecule has 2 aromatic rings. The molecule has 0 saturated carbocycles. The van der Waals surface area contributed by atoms with Crippen LogP contribution in [0.5, 0.6) is 0 Å². The van der Waals surface area contributed by atoms with E-state index in [4.69, 9.17) is 0 Å². The first kappa shape index (κ1) is 13.5. The van der Waals surface area contributed by atoms with Gasteiger partial charge in [0.1, 0.15) is 10.7 Å². The van der Waals surface area contributed by atoms with E-state index >= 15 is 0 Å². The van der Waals surface area contributed by atoms with E-state index in [0.29, 0.717) is 5.01 Å². The van der Waals surface area contributed by atoms with Crippen molar-refractivity contribution in [1.82, 2.24) is 20.0 Å². The van der Waals surface area contributed by atoms with Crippen molar-refractivity contribution in [2.45, 2.75) is 19.9 Å². The summed E-state index contributed by atoms with van der Waals surface area (Å²) in [5, 5.41) is 9.36. The number of alkyl halides is 2. The van der Waals surface area contributed by atoms with E-state index in [1.54, 1.807) is 18.5 Å². The third-order valence-corrected chi connectivity index (χ3v) is 2.98. The predicted molar refractivity (Wildman–Crippen MR) is 62.2 cm³/mol. The molecule has 0 bridgehead atoms. The molecule has 2 rings (SSSR count). The van der Waals surface area contributed by atoms with Crippen molar-refractivity contribution in [2.75, 3.05) is 6.61 Å². The fourth-order valence-corrected chi connectivity index (χ4v) is 2.05. The van der Waals surface area contributed by atoms with Crippen molar-refractivity contribution >= 4 is 17.3 Å². The number of hydrogen-bond donors (Lipinski definition) is 0. The van der Waals surface area contributed by atoms with Crippen LogP contribution in [0.1, 0.15) is 34.5 Å². The van der Waals surface area contributed by atoms with E-state index in [0.717, 1.165) is 4.68 Å². The molecule has 0 N–H and O–H groups in total. The number of thiazole rings is 1. The van der Waals surface area contributed by atoms with Crippen molar-refractivity contribution in [1.29, 1.82) is 0 Å². The Balaban J connectivity index is 2.31. The van der Waals surface area contributed by atoms with Gasteiger partial charge in [-0.1, -0.05) is 5.21 Å². The molecular formula is C10H10F2N4O2S. The van der Waals surface area contributed by atoms with Crippen molar-refractivity contribution in [3.05, 3.63) is 28.0 Å². The van der Waals surface area contributed by atoms with Gasteiger partial charge in [0.25, 0.3) is 6.43 Å². The summed E-state index contributed by atoms with van der Waals surface area (Å²) in [5.41, 5.74) is -0.998. The topological polar surface area (TPSA) is 69.9 Å². The standard InChI is InChI=1S/C10H10F2N4O2S/c1-2-18-10(17)7-8(9(11)12)16(15-14-7)5-6-13-3-4-19-6/h3-4,9H,2,5H2,1H3. The lowest BCUT2D eigenvalue weighted by molar-refractivity contribution is 0.0506. The molecule has 0 saturated heterocycles. The molecule has 0 aromatic carbocycles. The van der Waals surface area contributed by atoms with Gasteiger partial charge in [-0.25, -0.2) is 23.2 Å². The van der Waals surface area contributed by atoms with Crippen LogP contribution in [0.3, 0.4) is 0 Å². The highest BCUT2D eigenvalue weighted by Gasteiger charge is 2.27. The van der Waals surface area contributed by atoms with E-state index in [2.05, 4.69) is 20.0 Å². The summed E-state index contributed by atoms with van der Waals surface area (Å²) in [6, 6.07) is 0. The number of hydrogen-bond acceptors (Lipinski definition) is 6. The summed E-state index contributed by atoms with van der Waals surface area (Å²) < 4.78 is 31.7. The molecule has 2 aromatic heterocycles. The van der Waals surface area contributed by atoms with Crippen LogP contribution in [0.2, 0.25) is 0 Å². The molecule has 0 atom stereocenters. The Labute approximate surface area is 111 Å². The molecule has 0 aliphatic rings. The maximum absolute atomic E-state index is 13.0. The van der Waals surface area contributed by atoms with Gasteiger partial charge in [-0.15, -0.1) is 16.4 Å². The fourth-order valence-electron chi connectivity index (χ4n) is 1.46. The predicted octanol–water partition coefficient (Wildman–Crippen LogP) is 1.90. The van der Waals surface area contributed by atoms with E-state index in [9.17, 15) is 13.6 Å². The SMILES string of the molecule is CCOC(=O)c1nnn(Cc2nccs2)c1C(F)F. The first-order valence-corrected chi connectivity index (χ1v) is 6.28. The average Bonchev–Trinajstić information content (AvgIpc) is 2.99. The number of esters is 1. The van der Waals surface area contributed by atoms with E-state index in [-0.39, 0.29) is 13.2 Å². The van der Waals surface area contributed by atoms with Crippen molar-refractivity contribution < 1.29 is 18.3 Å². The van der Waals surface area contributed by atoms with Crippen LogP contribution in [0.4, 0.5) is 8.78 Å². The third kappa shape index (κ3) is 2.92. The minimum absolute atomic E-state index is 0.0454. The fraction of sp³-hybridized carbons (Fsp3) is 0.400. The summed E-state index contributed by atoms with van der Waals surface area (Å²) in [6.07, 6.45) is -1.31. The minimum atomic E-state index is -2.87. The van der Waals surface area contributed by atoms with Gasteiger partial charge in [0.05, 0.1) is 13.2 Å². The molecule has 6 nitrogen and oxygen atoms in total. The van der Waals surface area contributed by atoms with E-state index < -0.39 is 23.8 Å². The van der Waals surface area contributed by atoms with Crippen LogP contribution in [-0.4, -0.2) is 32.6 Å². The Morgan fingerprint density at radius 3 is 2.95 bits per heavy atom. The van der Waals surface area contributed by atoms with Gasteiger partial charge in [-0.05, 0) is 6.92 Å². The summed E-state index contributed by atoms with van der Waals surface area (Å²) in [5.74, 6) is -0.900. The zero-order chi connectivity index (χ0) is 13.8. The van der Waals surface area contributed by atoms with Crippen molar-refractivity contribution in [3.63, 3.8) is 0 Å². The van der Waals surface area contributed by atoms with Gasteiger partial charge in [0.15, 0.2) is 5.69 Å². The van der Waals surface area contributed by atoms with Gasteiger partial charge in [-0.2, -0.15) is 0 Å². The van der Waals surface area contributed by atoms with Crippen molar-refractivity contribution in [3.8, 4) is 0 Å². The minimum Gasteiger partial charge on any atom is -0.461 e. The van der Waals surface area contributed by atoms with Crippen LogP contribution in [0.15, 0.2) is 11.6 Å². The number of carbonyl (C=O) groups is 1. The molecule has 0 aliphatic carbocycles. The maximum Gasteiger partial charge on any atom is 0.361 e. The summed E-state index contributed by atoms with van der Waals surface area (Å²) in [7, 11) is 0. The highest BCUT2D eigenvalue weighted by Crippen LogP contribution is 2.23. The molecule has 0 amide bonds. The first-order valence-electron chi connectivity index (χ1n) is 5.40.